The van der Waals surface area contributed by atoms with Crippen molar-refractivity contribution in [3.05, 3.63) is 122 Å². The summed E-state index contributed by atoms with van der Waals surface area (Å²) in [5.74, 6) is -1.56. The van der Waals surface area contributed by atoms with Crippen molar-refractivity contribution in [1.82, 2.24) is 5.32 Å². The monoisotopic (exact) mass is 451 g/mol. The van der Waals surface area contributed by atoms with Gasteiger partial charge in [-0.1, -0.05) is 60.7 Å². The Morgan fingerprint density at radius 3 is 2.32 bits per heavy atom. The third-order valence-electron chi connectivity index (χ3n) is 6.33. The molecule has 0 bridgehead atoms. The lowest BCUT2D eigenvalue weighted by Crippen LogP contribution is -2.31. The normalized spacial score (nSPS) is 16.6. The molecule has 0 aromatic heterocycles. The smallest absolute Gasteiger partial charge is 0.273 e. The molecular weight excluding hydrogens is 430 g/mol. The molecule has 7 nitrogen and oxygen atoms in total. The van der Waals surface area contributed by atoms with Crippen LogP contribution < -0.4 is 10.6 Å². The molecule has 5 rings (SSSR count). The van der Waals surface area contributed by atoms with Gasteiger partial charge in [-0.2, -0.15) is 0 Å². The first-order valence-corrected chi connectivity index (χ1v) is 10.8. The molecule has 2 N–H and O–H groups in total. The van der Waals surface area contributed by atoms with Crippen LogP contribution in [-0.2, 0) is 4.79 Å². The predicted octanol–water partition coefficient (Wildman–Crippen LogP) is 5.11. The second kappa shape index (κ2) is 8.12. The van der Waals surface area contributed by atoms with Crippen LogP contribution in [0.25, 0.3) is 5.70 Å². The highest BCUT2D eigenvalue weighted by atomic mass is 16.6. The van der Waals surface area contributed by atoms with Gasteiger partial charge in [-0.25, -0.2) is 0 Å². The van der Waals surface area contributed by atoms with Crippen molar-refractivity contribution in [3.63, 3.8) is 0 Å². The maximum atomic E-state index is 13.7. The van der Waals surface area contributed by atoms with Crippen molar-refractivity contribution >= 4 is 28.8 Å². The fourth-order valence-corrected chi connectivity index (χ4v) is 4.74. The third-order valence-corrected chi connectivity index (χ3v) is 6.33. The number of fused-ring (bicyclic) bond motifs is 2. The Bertz CT molecular complexity index is 1450. The Kier molecular flexibility index (Phi) is 5.09. The molecule has 0 saturated carbocycles. The van der Waals surface area contributed by atoms with Crippen LogP contribution in [0.1, 0.15) is 39.9 Å². The number of hydrogen-bond acceptors (Lipinski definition) is 5. The van der Waals surface area contributed by atoms with Gasteiger partial charge in [-0.05, 0) is 25.5 Å². The molecule has 3 aromatic rings. The number of carbonyl (C=O) groups excluding carboxylic acids is 2. The van der Waals surface area contributed by atoms with E-state index in [9.17, 15) is 19.7 Å². The summed E-state index contributed by atoms with van der Waals surface area (Å²) in [6, 6.07) is 20.8. The first kappa shape index (κ1) is 21.3. The van der Waals surface area contributed by atoms with Crippen molar-refractivity contribution in [1.29, 1.82) is 0 Å². The summed E-state index contributed by atoms with van der Waals surface area (Å²) in [7, 11) is 0. The maximum absolute atomic E-state index is 13.7. The molecule has 0 saturated heterocycles. The SMILES string of the molecule is CC1=C(C(=O)Nc2ccccc2C)[C@@H](c2ccccc2[N+](=O)[O-])C2=C(N1)c1ccccc1C2=O. The number of nitrogens with zero attached hydrogens (tertiary/aromatic N) is 1. The van der Waals surface area contributed by atoms with Crippen molar-refractivity contribution < 1.29 is 14.5 Å². The van der Waals surface area contributed by atoms with Crippen molar-refractivity contribution in [2.45, 2.75) is 19.8 Å². The molecule has 1 aliphatic carbocycles. The lowest BCUT2D eigenvalue weighted by molar-refractivity contribution is -0.385. The van der Waals surface area contributed by atoms with Gasteiger partial charge in [0.1, 0.15) is 0 Å². The molecule has 1 amide bonds. The second-order valence-electron chi connectivity index (χ2n) is 8.35. The number of nitro benzene ring substituents is 1. The Labute approximate surface area is 196 Å². The minimum absolute atomic E-state index is 0.140. The number of nitrogens with one attached hydrogen (secondary N) is 2. The number of carbonyl (C=O) groups is 2. The average Bonchev–Trinajstić information content (AvgIpc) is 3.11. The topological polar surface area (TPSA) is 101 Å². The highest BCUT2D eigenvalue weighted by molar-refractivity contribution is 6.24. The summed E-state index contributed by atoms with van der Waals surface area (Å²) in [4.78, 5) is 38.7. The summed E-state index contributed by atoms with van der Waals surface area (Å²) in [6.45, 7) is 3.64. The highest BCUT2D eigenvalue weighted by Gasteiger charge is 2.44. The molecule has 0 radical (unpaired) electrons. The molecule has 0 fully saturated rings. The largest absolute Gasteiger partial charge is 0.358 e. The van der Waals surface area contributed by atoms with E-state index in [0.29, 0.717) is 33.8 Å². The van der Waals surface area contributed by atoms with Gasteiger partial charge in [-0.3, -0.25) is 19.7 Å². The quantitative estimate of drug-likeness (QED) is 0.424. The van der Waals surface area contributed by atoms with E-state index < -0.39 is 16.7 Å². The number of nitro groups is 1. The van der Waals surface area contributed by atoms with E-state index in [0.717, 1.165) is 11.1 Å². The van der Waals surface area contributed by atoms with Gasteiger partial charge in [-0.15, -0.1) is 0 Å². The summed E-state index contributed by atoms with van der Waals surface area (Å²) in [6.07, 6.45) is 0. The van der Waals surface area contributed by atoms with E-state index in [2.05, 4.69) is 10.6 Å². The molecule has 168 valence electrons. The molecule has 1 heterocycles. The molecule has 0 spiro atoms. The molecule has 34 heavy (non-hydrogen) atoms. The first-order chi connectivity index (χ1) is 16.4. The molecule has 1 aliphatic heterocycles. The van der Waals surface area contributed by atoms with Crippen LogP contribution in [0.4, 0.5) is 11.4 Å². The van der Waals surface area contributed by atoms with Crippen LogP contribution in [0.15, 0.2) is 89.6 Å². The zero-order valence-corrected chi connectivity index (χ0v) is 18.6. The Balaban J connectivity index is 1.70. The molecular formula is C27H21N3O4. The predicted molar refractivity (Wildman–Crippen MR) is 129 cm³/mol. The van der Waals surface area contributed by atoms with E-state index in [1.54, 1.807) is 43.3 Å². The number of benzene rings is 3. The Hall–Kier alpha value is -4.52. The maximum Gasteiger partial charge on any atom is 0.273 e. The Morgan fingerprint density at radius 1 is 0.941 bits per heavy atom. The lowest BCUT2D eigenvalue weighted by atomic mass is 9.78. The number of anilines is 1. The number of hydrogen-bond donors (Lipinski definition) is 2. The number of dihydropyridines is 1. The van der Waals surface area contributed by atoms with Gasteiger partial charge in [0.2, 0.25) is 0 Å². The van der Waals surface area contributed by atoms with Crippen molar-refractivity contribution in [2.24, 2.45) is 0 Å². The lowest BCUT2D eigenvalue weighted by Gasteiger charge is -2.29. The second-order valence-corrected chi connectivity index (χ2v) is 8.35. The number of rotatable bonds is 4. The number of aryl methyl sites for hydroxylation is 1. The highest BCUT2D eigenvalue weighted by Crippen LogP contribution is 2.48. The zero-order chi connectivity index (χ0) is 24.0. The van der Waals surface area contributed by atoms with Gasteiger partial charge in [0, 0.05) is 45.3 Å². The van der Waals surface area contributed by atoms with E-state index >= 15 is 0 Å². The number of Topliss-reactive ketones (excluding diaryl/α,β-unsaturated/α-hetero) is 1. The van der Waals surface area contributed by atoms with Crippen LogP contribution in [-0.4, -0.2) is 16.6 Å². The van der Waals surface area contributed by atoms with Crippen molar-refractivity contribution in [3.8, 4) is 0 Å². The number of amides is 1. The summed E-state index contributed by atoms with van der Waals surface area (Å²) >= 11 is 0. The van der Waals surface area contributed by atoms with Crippen molar-refractivity contribution in [2.75, 3.05) is 5.32 Å². The van der Waals surface area contributed by atoms with Gasteiger partial charge < -0.3 is 10.6 Å². The third kappa shape index (κ3) is 3.29. The van der Waals surface area contributed by atoms with Crippen LogP contribution in [0.3, 0.4) is 0 Å². The van der Waals surface area contributed by atoms with E-state index in [4.69, 9.17) is 0 Å². The van der Waals surface area contributed by atoms with Crippen LogP contribution >= 0.6 is 0 Å². The molecule has 1 atom stereocenters. The summed E-state index contributed by atoms with van der Waals surface area (Å²) in [5.41, 5.74) is 4.66. The summed E-state index contributed by atoms with van der Waals surface area (Å²) in [5, 5.41) is 18.1. The van der Waals surface area contributed by atoms with Crippen LogP contribution in [0, 0.1) is 17.0 Å². The van der Waals surface area contributed by atoms with Crippen LogP contribution in [0.2, 0.25) is 0 Å². The number of ketones is 1. The molecule has 7 heteroatoms. The first-order valence-electron chi connectivity index (χ1n) is 10.8. The fourth-order valence-electron chi connectivity index (χ4n) is 4.74. The number of allylic oxidation sites excluding steroid dienone is 2. The zero-order valence-electron chi connectivity index (χ0n) is 18.6. The van der Waals surface area contributed by atoms with E-state index in [-0.39, 0.29) is 17.0 Å². The van der Waals surface area contributed by atoms with Gasteiger partial charge in [0.05, 0.1) is 16.5 Å². The molecule has 2 aliphatic rings. The number of para-hydroxylation sites is 2. The molecule has 3 aromatic carbocycles. The van der Waals surface area contributed by atoms with Gasteiger partial charge in [0.15, 0.2) is 5.78 Å². The standard InChI is InChI=1S/C27H21N3O4/c1-15-9-3-7-13-20(15)29-27(32)22-16(2)28-25-17-10-4-5-11-18(17)26(31)24(25)23(22)19-12-6-8-14-21(19)30(33)34/h3-14,23,28H,1-2H3,(H,29,32)/t23-/m1/s1. The fraction of sp³-hybridized carbons (Fsp3) is 0.111. The van der Waals surface area contributed by atoms with Gasteiger partial charge in [0.25, 0.3) is 11.6 Å². The van der Waals surface area contributed by atoms with Crippen LogP contribution in [0.5, 0.6) is 0 Å². The Morgan fingerprint density at radius 2 is 1.59 bits per heavy atom. The summed E-state index contributed by atoms with van der Waals surface area (Å²) < 4.78 is 0. The minimum atomic E-state index is -0.901. The average molecular weight is 451 g/mol. The minimum Gasteiger partial charge on any atom is -0.358 e. The van der Waals surface area contributed by atoms with E-state index in [1.807, 2.05) is 37.3 Å². The molecule has 0 unspecified atom stereocenters. The van der Waals surface area contributed by atoms with Gasteiger partial charge >= 0.3 is 0 Å². The van der Waals surface area contributed by atoms with E-state index in [1.165, 1.54) is 6.07 Å².